The van der Waals surface area contributed by atoms with Gasteiger partial charge < -0.3 is 15.5 Å². The number of fused-ring (bicyclic) bond motifs is 1. The molecule has 0 fully saturated rings. The summed E-state index contributed by atoms with van der Waals surface area (Å²) in [5.74, 6) is -0.350. The van der Waals surface area contributed by atoms with Crippen molar-refractivity contribution in [3.8, 4) is 0 Å². The Labute approximate surface area is 171 Å². The van der Waals surface area contributed by atoms with E-state index < -0.39 is 0 Å². The lowest BCUT2D eigenvalue weighted by Crippen LogP contribution is -2.22. The summed E-state index contributed by atoms with van der Waals surface area (Å²) in [7, 11) is 0. The molecule has 2 aromatic rings. The first-order chi connectivity index (χ1) is 13.9. The quantitative estimate of drug-likeness (QED) is 0.666. The number of nitrogens with zero attached hydrogens (tertiary/aromatic N) is 1. The third-order valence-corrected chi connectivity index (χ3v) is 5.24. The van der Waals surface area contributed by atoms with Gasteiger partial charge >= 0.3 is 0 Å². The number of carbonyl (C=O) groups excluding carboxylic acids is 3. The molecule has 6 nitrogen and oxygen atoms in total. The summed E-state index contributed by atoms with van der Waals surface area (Å²) in [5, 5.41) is 5.65. The zero-order valence-corrected chi connectivity index (χ0v) is 17.2. The molecule has 0 atom stereocenters. The van der Waals surface area contributed by atoms with Gasteiger partial charge in [0.1, 0.15) is 0 Å². The SMILES string of the molecule is CCN(CC)c1ccc(NC(=O)CCC(=O)c2ccc3c(c2)CC(=O)N3)c(C)c1. The average Bonchev–Trinajstić information content (AvgIpc) is 3.08. The number of rotatable bonds is 8. The van der Waals surface area contributed by atoms with Crippen LogP contribution in [0.1, 0.15) is 48.2 Å². The van der Waals surface area contributed by atoms with Gasteiger partial charge in [-0.3, -0.25) is 14.4 Å². The average molecular weight is 393 g/mol. The smallest absolute Gasteiger partial charge is 0.228 e. The van der Waals surface area contributed by atoms with Crippen molar-refractivity contribution in [3.63, 3.8) is 0 Å². The Morgan fingerprint density at radius 2 is 1.83 bits per heavy atom. The third kappa shape index (κ3) is 4.83. The van der Waals surface area contributed by atoms with Gasteiger partial charge in [-0.1, -0.05) is 0 Å². The predicted octanol–water partition coefficient (Wildman–Crippen LogP) is 3.94. The Balaban J connectivity index is 1.57. The van der Waals surface area contributed by atoms with Crippen LogP contribution in [0.25, 0.3) is 0 Å². The number of hydrogen-bond acceptors (Lipinski definition) is 4. The lowest BCUT2D eigenvalue weighted by atomic mass is 10.0. The van der Waals surface area contributed by atoms with Crippen LogP contribution < -0.4 is 15.5 Å². The highest BCUT2D eigenvalue weighted by molar-refractivity contribution is 6.03. The fourth-order valence-corrected chi connectivity index (χ4v) is 3.56. The van der Waals surface area contributed by atoms with Crippen LogP contribution in [-0.2, 0) is 16.0 Å². The molecular formula is C23H27N3O3. The van der Waals surface area contributed by atoms with Gasteiger partial charge in [0, 0.05) is 48.6 Å². The maximum Gasteiger partial charge on any atom is 0.228 e. The number of hydrogen-bond donors (Lipinski definition) is 2. The van der Waals surface area contributed by atoms with E-state index in [0.717, 1.165) is 41.3 Å². The third-order valence-electron chi connectivity index (χ3n) is 5.24. The molecule has 0 spiro atoms. The molecule has 2 aromatic carbocycles. The monoisotopic (exact) mass is 393 g/mol. The highest BCUT2D eigenvalue weighted by atomic mass is 16.2. The van der Waals surface area contributed by atoms with E-state index in [4.69, 9.17) is 0 Å². The van der Waals surface area contributed by atoms with Crippen molar-refractivity contribution in [2.24, 2.45) is 0 Å². The highest BCUT2D eigenvalue weighted by Gasteiger charge is 2.19. The molecule has 2 N–H and O–H groups in total. The van der Waals surface area contributed by atoms with Crippen LogP contribution in [0.5, 0.6) is 0 Å². The molecule has 1 aliphatic rings. The fraction of sp³-hybridized carbons (Fsp3) is 0.348. The first kappa shape index (κ1) is 20.6. The van der Waals surface area contributed by atoms with E-state index in [9.17, 15) is 14.4 Å². The summed E-state index contributed by atoms with van der Waals surface area (Å²) < 4.78 is 0. The molecule has 0 aliphatic carbocycles. The summed E-state index contributed by atoms with van der Waals surface area (Å²) in [5.41, 5.74) is 5.01. The molecule has 1 heterocycles. The van der Waals surface area contributed by atoms with Crippen molar-refractivity contribution in [3.05, 3.63) is 53.1 Å². The standard InChI is InChI=1S/C23H27N3O3/c1-4-26(5-2)18-7-9-19(15(3)12-18)24-22(28)11-10-21(27)16-6-8-20-17(13-16)14-23(29)25-20/h6-9,12-13H,4-5,10-11,14H2,1-3H3,(H,24,28)(H,25,29). The molecule has 6 heteroatoms. The van der Waals surface area contributed by atoms with E-state index in [1.54, 1.807) is 18.2 Å². The topological polar surface area (TPSA) is 78.5 Å². The van der Waals surface area contributed by atoms with Gasteiger partial charge in [0.05, 0.1) is 6.42 Å². The van der Waals surface area contributed by atoms with E-state index in [-0.39, 0.29) is 30.4 Å². The number of amides is 2. The van der Waals surface area contributed by atoms with Gasteiger partial charge in [-0.2, -0.15) is 0 Å². The van der Waals surface area contributed by atoms with Gasteiger partial charge in [0.2, 0.25) is 11.8 Å². The lowest BCUT2D eigenvalue weighted by molar-refractivity contribution is -0.116. The Bertz CT molecular complexity index is 948. The minimum absolute atomic E-state index is 0.0636. The number of ketones is 1. The molecule has 29 heavy (non-hydrogen) atoms. The van der Waals surface area contributed by atoms with Crippen molar-refractivity contribution < 1.29 is 14.4 Å². The van der Waals surface area contributed by atoms with E-state index in [1.807, 2.05) is 19.1 Å². The number of benzene rings is 2. The molecular weight excluding hydrogens is 366 g/mol. The van der Waals surface area contributed by atoms with E-state index in [1.165, 1.54) is 0 Å². The van der Waals surface area contributed by atoms with E-state index in [0.29, 0.717) is 12.0 Å². The van der Waals surface area contributed by atoms with E-state index in [2.05, 4.69) is 35.4 Å². The van der Waals surface area contributed by atoms with Gasteiger partial charge in [0.25, 0.3) is 0 Å². The minimum Gasteiger partial charge on any atom is -0.372 e. The molecule has 2 amide bonds. The molecule has 1 aliphatic heterocycles. The molecule has 0 unspecified atom stereocenters. The normalized spacial score (nSPS) is 12.3. The second kappa shape index (κ2) is 8.90. The summed E-state index contributed by atoms with van der Waals surface area (Å²) in [6.45, 7) is 8.04. The maximum absolute atomic E-state index is 12.4. The number of aryl methyl sites for hydroxylation is 1. The van der Waals surface area contributed by atoms with Crippen LogP contribution >= 0.6 is 0 Å². The fourth-order valence-electron chi connectivity index (χ4n) is 3.56. The van der Waals surface area contributed by atoms with Gasteiger partial charge in [0.15, 0.2) is 5.78 Å². The van der Waals surface area contributed by atoms with Gasteiger partial charge in [-0.05, 0) is 68.3 Å². The predicted molar refractivity (Wildman–Crippen MR) is 116 cm³/mol. The molecule has 0 bridgehead atoms. The lowest BCUT2D eigenvalue weighted by Gasteiger charge is -2.22. The highest BCUT2D eigenvalue weighted by Crippen LogP contribution is 2.25. The maximum atomic E-state index is 12.4. The zero-order chi connectivity index (χ0) is 21.0. The van der Waals surface area contributed by atoms with Crippen LogP contribution in [0.15, 0.2) is 36.4 Å². The van der Waals surface area contributed by atoms with E-state index >= 15 is 0 Å². The van der Waals surface area contributed by atoms with Gasteiger partial charge in [-0.25, -0.2) is 0 Å². The minimum atomic E-state index is -0.185. The summed E-state index contributed by atoms with van der Waals surface area (Å²) in [6.07, 6.45) is 0.534. The molecule has 0 saturated carbocycles. The van der Waals surface area contributed by atoms with Crippen molar-refractivity contribution in [1.82, 2.24) is 0 Å². The number of nitrogens with one attached hydrogen (secondary N) is 2. The summed E-state index contributed by atoms with van der Waals surface area (Å²) in [6, 6.07) is 11.2. The Morgan fingerprint density at radius 1 is 1.07 bits per heavy atom. The van der Waals surface area contributed by atoms with Crippen LogP contribution in [0.2, 0.25) is 0 Å². The molecule has 0 saturated heterocycles. The zero-order valence-electron chi connectivity index (χ0n) is 17.2. The van der Waals surface area contributed by atoms with Crippen molar-refractivity contribution in [1.29, 1.82) is 0 Å². The first-order valence-electron chi connectivity index (χ1n) is 10.0. The second-order valence-corrected chi connectivity index (χ2v) is 7.24. The summed E-state index contributed by atoms with van der Waals surface area (Å²) in [4.78, 5) is 38.5. The first-order valence-corrected chi connectivity index (χ1v) is 10.0. The van der Waals surface area contributed by atoms with Crippen LogP contribution in [-0.4, -0.2) is 30.7 Å². The van der Waals surface area contributed by atoms with Gasteiger partial charge in [-0.15, -0.1) is 0 Å². The van der Waals surface area contributed by atoms with Crippen molar-refractivity contribution >= 4 is 34.7 Å². The Hall–Kier alpha value is -3.15. The Morgan fingerprint density at radius 3 is 2.52 bits per heavy atom. The summed E-state index contributed by atoms with van der Waals surface area (Å²) >= 11 is 0. The van der Waals surface area contributed by atoms with Crippen LogP contribution in [0, 0.1) is 6.92 Å². The molecule has 152 valence electrons. The largest absolute Gasteiger partial charge is 0.372 e. The Kier molecular flexibility index (Phi) is 6.32. The number of carbonyl (C=O) groups is 3. The van der Waals surface area contributed by atoms with Crippen molar-refractivity contribution in [2.75, 3.05) is 28.6 Å². The molecule has 0 aromatic heterocycles. The second-order valence-electron chi connectivity index (χ2n) is 7.24. The number of Topliss-reactive ketones (excluding diaryl/α,β-unsaturated/α-hetero) is 1. The van der Waals surface area contributed by atoms with Crippen LogP contribution in [0.3, 0.4) is 0 Å². The van der Waals surface area contributed by atoms with Crippen LogP contribution in [0.4, 0.5) is 17.1 Å². The molecule has 3 rings (SSSR count). The molecule has 0 radical (unpaired) electrons. The van der Waals surface area contributed by atoms with Crippen molar-refractivity contribution in [2.45, 2.75) is 40.0 Å². The number of anilines is 3.